The van der Waals surface area contributed by atoms with Crippen molar-refractivity contribution in [1.29, 1.82) is 0 Å². The van der Waals surface area contributed by atoms with Crippen LogP contribution in [0.3, 0.4) is 0 Å². The maximum absolute atomic E-state index is 12.6. The van der Waals surface area contributed by atoms with Gasteiger partial charge in [0.25, 0.3) is 5.91 Å². The van der Waals surface area contributed by atoms with Crippen molar-refractivity contribution in [3.8, 4) is 0 Å². The lowest BCUT2D eigenvalue weighted by molar-refractivity contribution is 0.0601. The molecule has 0 unspecified atom stereocenters. The van der Waals surface area contributed by atoms with Crippen LogP contribution in [0.15, 0.2) is 47.5 Å². The molecule has 0 saturated carbocycles. The minimum atomic E-state index is -0.400. The van der Waals surface area contributed by atoms with Gasteiger partial charge in [-0.25, -0.2) is 4.79 Å². The van der Waals surface area contributed by atoms with E-state index in [1.54, 1.807) is 31.4 Å². The predicted molar refractivity (Wildman–Crippen MR) is 104 cm³/mol. The van der Waals surface area contributed by atoms with Crippen LogP contribution in [-0.2, 0) is 16.0 Å². The molecule has 1 heterocycles. The van der Waals surface area contributed by atoms with Gasteiger partial charge in [-0.15, -0.1) is 0 Å². The van der Waals surface area contributed by atoms with E-state index >= 15 is 0 Å². The van der Waals surface area contributed by atoms with Crippen molar-refractivity contribution in [1.82, 2.24) is 4.57 Å². The molecule has 0 spiro atoms. The van der Waals surface area contributed by atoms with Gasteiger partial charge < -0.3 is 14.0 Å². The number of amides is 1. The lowest BCUT2D eigenvalue weighted by Crippen LogP contribution is -2.19. The topological polar surface area (TPSA) is 69.9 Å². The molecule has 1 amide bonds. The number of esters is 1. The zero-order chi connectivity index (χ0) is 19.4. The Balaban J connectivity index is 2.10. The lowest BCUT2D eigenvalue weighted by Gasteiger charge is -2.05. The SMILES string of the molecule is COCCn1c(=NC(=O)c2ccc(C)cc2)sc2cc(C(=O)OC)ccc21. The highest BCUT2D eigenvalue weighted by molar-refractivity contribution is 7.16. The standard InChI is InChI=1S/C20H20N2O4S/c1-13-4-6-14(7-5-13)18(23)21-20-22(10-11-25-2)16-9-8-15(19(24)26-3)12-17(16)27-20/h4-9,12H,10-11H2,1-3H3. The summed E-state index contributed by atoms with van der Waals surface area (Å²) in [6.07, 6.45) is 0. The van der Waals surface area contributed by atoms with Crippen LogP contribution in [0.1, 0.15) is 26.3 Å². The second-order valence-corrected chi connectivity index (χ2v) is 7.00. The van der Waals surface area contributed by atoms with E-state index in [4.69, 9.17) is 9.47 Å². The normalized spacial score (nSPS) is 11.7. The predicted octanol–water partition coefficient (Wildman–Crippen LogP) is 3.19. The summed E-state index contributed by atoms with van der Waals surface area (Å²) in [7, 11) is 2.97. The smallest absolute Gasteiger partial charge is 0.337 e. The highest BCUT2D eigenvalue weighted by Gasteiger charge is 2.12. The first-order chi connectivity index (χ1) is 13.0. The number of hydrogen-bond acceptors (Lipinski definition) is 5. The molecule has 0 bridgehead atoms. The van der Waals surface area contributed by atoms with Crippen molar-refractivity contribution < 1.29 is 19.1 Å². The van der Waals surface area contributed by atoms with E-state index in [0.29, 0.717) is 29.1 Å². The fourth-order valence-corrected chi connectivity index (χ4v) is 3.74. The molecule has 0 N–H and O–H groups in total. The molecule has 0 saturated heterocycles. The molecule has 0 atom stereocenters. The van der Waals surface area contributed by atoms with Crippen LogP contribution in [-0.4, -0.2) is 37.3 Å². The van der Waals surface area contributed by atoms with Gasteiger partial charge in [0.1, 0.15) is 0 Å². The van der Waals surface area contributed by atoms with Crippen molar-refractivity contribution >= 4 is 33.4 Å². The summed E-state index contributed by atoms with van der Waals surface area (Å²) < 4.78 is 12.7. The molecule has 0 fully saturated rings. The summed E-state index contributed by atoms with van der Waals surface area (Å²) in [6.45, 7) is 3.00. The molecular weight excluding hydrogens is 364 g/mol. The van der Waals surface area contributed by atoms with Gasteiger partial charge in [-0.2, -0.15) is 4.99 Å². The van der Waals surface area contributed by atoms with E-state index in [2.05, 4.69) is 4.99 Å². The van der Waals surface area contributed by atoms with Crippen LogP contribution in [0.5, 0.6) is 0 Å². The van der Waals surface area contributed by atoms with Crippen LogP contribution in [0.25, 0.3) is 10.2 Å². The minimum absolute atomic E-state index is 0.305. The number of carbonyl (C=O) groups excluding carboxylic acids is 2. The first-order valence-electron chi connectivity index (χ1n) is 8.40. The third-order valence-electron chi connectivity index (χ3n) is 4.12. The molecule has 0 radical (unpaired) electrons. The zero-order valence-electron chi connectivity index (χ0n) is 15.4. The van der Waals surface area contributed by atoms with Crippen molar-refractivity contribution in [3.63, 3.8) is 0 Å². The molecule has 0 aliphatic heterocycles. The van der Waals surface area contributed by atoms with Crippen LogP contribution in [0.2, 0.25) is 0 Å². The van der Waals surface area contributed by atoms with Crippen molar-refractivity contribution in [3.05, 3.63) is 64.0 Å². The fraction of sp³-hybridized carbons (Fsp3) is 0.250. The third-order valence-corrected chi connectivity index (χ3v) is 5.16. The number of carbonyl (C=O) groups is 2. The van der Waals surface area contributed by atoms with Gasteiger partial charge >= 0.3 is 5.97 Å². The number of nitrogens with zero attached hydrogens (tertiary/aromatic N) is 2. The van der Waals surface area contributed by atoms with E-state index < -0.39 is 5.97 Å². The number of hydrogen-bond donors (Lipinski definition) is 0. The van der Waals surface area contributed by atoms with Gasteiger partial charge in [0.05, 0.1) is 29.5 Å². The Hall–Kier alpha value is -2.77. The Morgan fingerprint density at radius 3 is 2.44 bits per heavy atom. The van der Waals surface area contributed by atoms with Crippen molar-refractivity contribution in [2.75, 3.05) is 20.8 Å². The Morgan fingerprint density at radius 1 is 1.07 bits per heavy atom. The Labute approximate surface area is 160 Å². The quantitative estimate of drug-likeness (QED) is 0.634. The maximum atomic E-state index is 12.6. The number of aromatic nitrogens is 1. The average molecular weight is 384 g/mol. The molecule has 3 rings (SSSR count). The summed E-state index contributed by atoms with van der Waals surface area (Å²) in [5, 5.41) is 0. The van der Waals surface area contributed by atoms with Crippen LogP contribution >= 0.6 is 11.3 Å². The molecule has 27 heavy (non-hydrogen) atoms. The molecule has 1 aromatic heterocycles. The monoisotopic (exact) mass is 384 g/mol. The van der Waals surface area contributed by atoms with Crippen LogP contribution in [0.4, 0.5) is 0 Å². The summed E-state index contributed by atoms with van der Waals surface area (Å²) >= 11 is 1.35. The molecule has 140 valence electrons. The van der Waals surface area contributed by atoms with Crippen LogP contribution < -0.4 is 4.80 Å². The second kappa shape index (κ2) is 8.28. The number of aryl methyl sites for hydroxylation is 1. The largest absolute Gasteiger partial charge is 0.465 e. The summed E-state index contributed by atoms with van der Waals surface area (Å²) in [5.74, 6) is -0.705. The first-order valence-corrected chi connectivity index (χ1v) is 9.21. The molecule has 3 aromatic rings. The number of thiazole rings is 1. The van der Waals surface area contributed by atoms with E-state index in [0.717, 1.165) is 15.8 Å². The maximum Gasteiger partial charge on any atom is 0.337 e. The molecule has 0 aliphatic carbocycles. The van der Waals surface area contributed by atoms with E-state index in [1.807, 2.05) is 29.7 Å². The average Bonchev–Trinajstić information content (AvgIpc) is 3.02. The molecular formula is C20H20N2O4S. The van der Waals surface area contributed by atoms with Gasteiger partial charge in [0.15, 0.2) is 4.80 Å². The van der Waals surface area contributed by atoms with Gasteiger partial charge in [-0.3, -0.25) is 4.79 Å². The van der Waals surface area contributed by atoms with E-state index in [1.165, 1.54) is 18.4 Å². The fourth-order valence-electron chi connectivity index (χ4n) is 2.65. The number of fused-ring (bicyclic) bond motifs is 1. The molecule has 2 aromatic carbocycles. The Morgan fingerprint density at radius 2 is 1.78 bits per heavy atom. The van der Waals surface area contributed by atoms with Gasteiger partial charge in [0.2, 0.25) is 0 Å². The highest BCUT2D eigenvalue weighted by atomic mass is 32.1. The Kier molecular flexibility index (Phi) is 5.83. The van der Waals surface area contributed by atoms with Crippen LogP contribution in [0, 0.1) is 6.92 Å². The third kappa shape index (κ3) is 4.15. The van der Waals surface area contributed by atoms with Crippen molar-refractivity contribution in [2.24, 2.45) is 4.99 Å². The molecule has 7 heteroatoms. The van der Waals surface area contributed by atoms with Gasteiger partial charge in [0, 0.05) is 19.2 Å². The van der Waals surface area contributed by atoms with E-state index in [9.17, 15) is 9.59 Å². The number of methoxy groups -OCH3 is 2. The molecule has 0 aliphatic rings. The first kappa shape index (κ1) is 19.0. The summed E-state index contributed by atoms with van der Waals surface area (Å²) in [6, 6.07) is 12.6. The van der Waals surface area contributed by atoms with Gasteiger partial charge in [-0.05, 0) is 37.3 Å². The van der Waals surface area contributed by atoms with Gasteiger partial charge in [-0.1, -0.05) is 29.0 Å². The summed E-state index contributed by atoms with van der Waals surface area (Å²) in [5.41, 5.74) is 2.97. The number of rotatable bonds is 5. The van der Waals surface area contributed by atoms with Crippen molar-refractivity contribution in [2.45, 2.75) is 13.5 Å². The molecule has 6 nitrogen and oxygen atoms in total. The Bertz CT molecular complexity index is 1050. The highest BCUT2D eigenvalue weighted by Crippen LogP contribution is 2.20. The van der Waals surface area contributed by atoms with E-state index in [-0.39, 0.29) is 5.91 Å². The minimum Gasteiger partial charge on any atom is -0.465 e. The zero-order valence-corrected chi connectivity index (χ0v) is 16.2. The lowest BCUT2D eigenvalue weighted by atomic mass is 10.1. The number of benzene rings is 2. The summed E-state index contributed by atoms with van der Waals surface area (Å²) in [4.78, 5) is 29.2. The number of ether oxygens (including phenoxy) is 2. The second-order valence-electron chi connectivity index (χ2n) is 5.99.